The van der Waals surface area contributed by atoms with Crippen LogP contribution in [0, 0.1) is 0 Å². The number of hydrogen-bond acceptors (Lipinski definition) is 5. The van der Waals surface area contributed by atoms with E-state index in [1.807, 2.05) is 0 Å². The van der Waals surface area contributed by atoms with Gasteiger partial charge in [-0.15, -0.1) is 0 Å². The Hall–Kier alpha value is -1.77. The summed E-state index contributed by atoms with van der Waals surface area (Å²) >= 11 is 4.76. The number of nitrogens with two attached hydrogens (primary N) is 1. The van der Waals surface area contributed by atoms with Crippen molar-refractivity contribution in [2.24, 2.45) is 5.73 Å². The molecule has 3 N–H and O–H groups in total. The fraction of sp³-hybridized carbons (Fsp3) is 0.167. The molecule has 106 valence electrons. The molecule has 1 atom stereocenters. The summed E-state index contributed by atoms with van der Waals surface area (Å²) in [6.07, 6.45) is 2.70. The molecule has 8 heteroatoms. The minimum Gasteiger partial charge on any atom is -0.468 e. The molecule has 0 bridgehead atoms. The largest absolute Gasteiger partial charge is 0.468 e. The van der Waals surface area contributed by atoms with Gasteiger partial charge in [0.15, 0.2) is 0 Å². The average molecular weight is 311 g/mol. The van der Waals surface area contributed by atoms with E-state index in [1.165, 1.54) is 24.6 Å². The number of furan rings is 1. The minimum absolute atomic E-state index is 0.0379. The number of pyridine rings is 1. The molecular formula is C12H13N3O3S2. The van der Waals surface area contributed by atoms with Crippen LogP contribution in [0.3, 0.4) is 0 Å². The minimum atomic E-state index is -3.68. The zero-order valence-corrected chi connectivity index (χ0v) is 12.2. The SMILES string of the molecule is CC(NS(=O)(=O)c1ccc(C(N)=S)nc1)c1ccco1. The van der Waals surface area contributed by atoms with Crippen molar-refractivity contribution < 1.29 is 12.8 Å². The molecule has 0 saturated carbocycles. The van der Waals surface area contributed by atoms with Crippen molar-refractivity contribution in [2.45, 2.75) is 17.9 Å². The zero-order chi connectivity index (χ0) is 14.8. The molecule has 0 aliphatic heterocycles. The van der Waals surface area contributed by atoms with Crippen LogP contribution in [-0.4, -0.2) is 18.4 Å². The summed E-state index contributed by atoms with van der Waals surface area (Å²) in [5, 5.41) is 0. The topological polar surface area (TPSA) is 98.2 Å². The summed E-state index contributed by atoms with van der Waals surface area (Å²) < 4.78 is 32.0. The third kappa shape index (κ3) is 3.21. The Morgan fingerprint density at radius 1 is 1.45 bits per heavy atom. The molecule has 0 radical (unpaired) electrons. The van der Waals surface area contributed by atoms with Gasteiger partial charge in [-0.25, -0.2) is 13.1 Å². The summed E-state index contributed by atoms with van der Waals surface area (Å²) in [6, 6.07) is 5.78. The fourth-order valence-corrected chi connectivity index (χ4v) is 2.86. The van der Waals surface area contributed by atoms with Gasteiger partial charge in [0.2, 0.25) is 10.0 Å². The molecule has 0 spiro atoms. The van der Waals surface area contributed by atoms with Crippen molar-refractivity contribution in [3.63, 3.8) is 0 Å². The lowest BCUT2D eigenvalue weighted by molar-refractivity contribution is 0.459. The standard InChI is InChI=1S/C12H13N3O3S2/c1-8(11-3-2-6-18-11)15-20(16,17)9-4-5-10(12(13)19)14-7-9/h2-8,15H,1H3,(H2,13,19). The number of nitrogens with zero attached hydrogens (tertiary/aromatic N) is 1. The smallest absolute Gasteiger partial charge is 0.242 e. The highest BCUT2D eigenvalue weighted by atomic mass is 32.2. The fourth-order valence-electron chi connectivity index (χ4n) is 1.58. The number of nitrogens with one attached hydrogen (secondary N) is 1. The Labute approximate surface area is 122 Å². The maximum absolute atomic E-state index is 12.2. The number of hydrogen-bond donors (Lipinski definition) is 2. The Morgan fingerprint density at radius 3 is 2.70 bits per heavy atom. The van der Waals surface area contributed by atoms with Crippen molar-refractivity contribution in [3.05, 3.63) is 48.2 Å². The molecule has 0 saturated heterocycles. The highest BCUT2D eigenvalue weighted by Crippen LogP contribution is 2.16. The lowest BCUT2D eigenvalue weighted by Crippen LogP contribution is -2.27. The first-order chi connectivity index (χ1) is 9.40. The van der Waals surface area contributed by atoms with Crippen LogP contribution < -0.4 is 10.5 Å². The molecule has 2 heterocycles. The summed E-state index contributed by atoms with van der Waals surface area (Å²) in [7, 11) is -3.68. The summed E-state index contributed by atoms with van der Waals surface area (Å²) in [6.45, 7) is 1.69. The van der Waals surface area contributed by atoms with E-state index in [1.54, 1.807) is 19.1 Å². The van der Waals surface area contributed by atoms with E-state index < -0.39 is 16.1 Å². The quantitative estimate of drug-likeness (QED) is 0.809. The van der Waals surface area contributed by atoms with Crippen molar-refractivity contribution in [2.75, 3.05) is 0 Å². The Bertz CT molecular complexity index is 694. The van der Waals surface area contributed by atoms with Gasteiger partial charge < -0.3 is 10.2 Å². The van der Waals surface area contributed by atoms with Gasteiger partial charge in [0, 0.05) is 6.20 Å². The number of aromatic nitrogens is 1. The molecule has 0 fully saturated rings. The van der Waals surface area contributed by atoms with Gasteiger partial charge in [0.05, 0.1) is 18.0 Å². The molecule has 6 nitrogen and oxygen atoms in total. The highest BCUT2D eigenvalue weighted by molar-refractivity contribution is 7.89. The van der Waals surface area contributed by atoms with Crippen LogP contribution in [0.5, 0.6) is 0 Å². The monoisotopic (exact) mass is 311 g/mol. The van der Waals surface area contributed by atoms with E-state index in [9.17, 15) is 8.42 Å². The molecule has 2 aromatic rings. The van der Waals surface area contributed by atoms with Crippen LogP contribution in [0.4, 0.5) is 0 Å². The molecule has 2 aromatic heterocycles. The first-order valence-corrected chi connectivity index (χ1v) is 7.61. The molecule has 2 rings (SSSR count). The first-order valence-electron chi connectivity index (χ1n) is 5.72. The summed E-state index contributed by atoms with van der Waals surface area (Å²) in [5.74, 6) is 0.529. The van der Waals surface area contributed by atoms with Crippen molar-refractivity contribution in [1.29, 1.82) is 0 Å². The number of sulfonamides is 1. The molecule has 0 aliphatic carbocycles. The normalized spacial score (nSPS) is 13.1. The highest BCUT2D eigenvalue weighted by Gasteiger charge is 2.20. The molecule has 20 heavy (non-hydrogen) atoms. The van der Waals surface area contributed by atoms with Crippen LogP contribution in [0.25, 0.3) is 0 Å². The lowest BCUT2D eigenvalue weighted by atomic mass is 10.3. The van der Waals surface area contributed by atoms with Crippen LogP contribution in [0.1, 0.15) is 24.4 Å². The van der Waals surface area contributed by atoms with E-state index in [-0.39, 0.29) is 9.88 Å². The summed E-state index contributed by atoms with van der Waals surface area (Å²) in [5.41, 5.74) is 5.78. The van der Waals surface area contributed by atoms with Gasteiger partial charge in [0.25, 0.3) is 0 Å². The van der Waals surface area contributed by atoms with E-state index >= 15 is 0 Å². The number of thiocarbonyl (C=S) groups is 1. The lowest BCUT2D eigenvalue weighted by Gasteiger charge is -2.12. The second-order valence-corrected chi connectivity index (χ2v) is 6.26. The van der Waals surface area contributed by atoms with Crippen LogP contribution >= 0.6 is 12.2 Å². The van der Waals surface area contributed by atoms with Crippen LogP contribution in [0.2, 0.25) is 0 Å². The van der Waals surface area contributed by atoms with Gasteiger partial charge in [-0.2, -0.15) is 0 Å². The van der Waals surface area contributed by atoms with E-state index in [0.29, 0.717) is 11.5 Å². The Kier molecular flexibility index (Phi) is 4.17. The molecular weight excluding hydrogens is 298 g/mol. The maximum Gasteiger partial charge on any atom is 0.242 e. The van der Waals surface area contributed by atoms with E-state index in [0.717, 1.165) is 0 Å². The maximum atomic E-state index is 12.2. The predicted octanol–water partition coefficient (Wildman–Crippen LogP) is 1.35. The zero-order valence-electron chi connectivity index (χ0n) is 10.6. The predicted molar refractivity (Wildman–Crippen MR) is 77.6 cm³/mol. The van der Waals surface area contributed by atoms with Crippen molar-refractivity contribution >= 4 is 27.2 Å². The molecule has 0 aliphatic rings. The average Bonchev–Trinajstić information content (AvgIpc) is 2.92. The third-order valence-electron chi connectivity index (χ3n) is 2.60. The van der Waals surface area contributed by atoms with Gasteiger partial charge >= 0.3 is 0 Å². The van der Waals surface area contributed by atoms with Crippen LogP contribution in [-0.2, 0) is 10.0 Å². The van der Waals surface area contributed by atoms with Gasteiger partial charge in [-0.05, 0) is 31.2 Å². The van der Waals surface area contributed by atoms with Gasteiger partial charge in [-0.1, -0.05) is 12.2 Å². The Balaban J connectivity index is 2.20. The van der Waals surface area contributed by atoms with E-state index in [2.05, 4.69) is 9.71 Å². The molecule has 1 unspecified atom stereocenters. The summed E-state index contributed by atoms with van der Waals surface area (Å²) in [4.78, 5) is 4.06. The molecule has 0 amide bonds. The van der Waals surface area contributed by atoms with Gasteiger partial charge in [0.1, 0.15) is 15.6 Å². The molecule has 0 aromatic carbocycles. The second kappa shape index (κ2) is 5.70. The second-order valence-electron chi connectivity index (χ2n) is 4.10. The van der Waals surface area contributed by atoms with Crippen molar-refractivity contribution in [1.82, 2.24) is 9.71 Å². The third-order valence-corrected chi connectivity index (χ3v) is 4.34. The Morgan fingerprint density at radius 2 is 2.20 bits per heavy atom. The first kappa shape index (κ1) is 14.6. The van der Waals surface area contributed by atoms with E-state index in [4.69, 9.17) is 22.4 Å². The van der Waals surface area contributed by atoms with Gasteiger partial charge in [-0.3, -0.25) is 4.98 Å². The van der Waals surface area contributed by atoms with Crippen molar-refractivity contribution in [3.8, 4) is 0 Å². The van der Waals surface area contributed by atoms with Crippen LogP contribution in [0.15, 0.2) is 46.0 Å². The number of rotatable bonds is 5.